The SMILES string of the molecule is C[C@@H]1CN(c2ncnc3c2C2(CCC2)CN3c2cc(C#N)ccn2)[C@@H](C)CN1C(=O)[C@](C)(CF)S(C)(=O)=O. The molecular weight excluding hydrogens is 509 g/mol. The number of fused-ring (bicyclic) bond motifs is 2. The van der Waals surface area contributed by atoms with E-state index < -0.39 is 27.2 Å². The third-order valence-electron chi connectivity index (χ3n) is 8.56. The molecule has 12 heteroatoms. The highest BCUT2D eigenvalue weighted by Gasteiger charge is 2.53. The number of nitrogens with zero attached hydrogens (tertiary/aromatic N) is 7. The fourth-order valence-electron chi connectivity index (χ4n) is 5.88. The van der Waals surface area contributed by atoms with Gasteiger partial charge >= 0.3 is 0 Å². The Hall–Kier alpha value is -3.33. The van der Waals surface area contributed by atoms with Gasteiger partial charge in [0.15, 0.2) is 14.6 Å². The molecule has 202 valence electrons. The number of nitriles is 1. The summed E-state index contributed by atoms with van der Waals surface area (Å²) in [5.41, 5.74) is 1.45. The van der Waals surface area contributed by atoms with Crippen LogP contribution in [0.5, 0.6) is 0 Å². The van der Waals surface area contributed by atoms with Crippen LogP contribution in [0.15, 0.2) is 24.7 Å². The second-order valence-electron chi connectivity index (χ2n) is 11.1. The summed E-state index contributed by atoms with van der Waals surface area (Å²) in [5, 5.41) is 9.39. The molecule has 0 bridgehead atoms. The molecule has 1 saturated carbocycles. The zero-order valence-corrected chi connectivity index (χ0v) is 22.9. The van der Waals surface area contributed by atoms with Gasteiger partial charge < -0.3 is 14.7 Å². The Morgan fingerprint density at radius 1 is 1.21 bits per heavy atom. The fourth-order valence-corrected chi connectivity index (χ4v) is 6.51. The average Bonchev–Trinajstić information content (AvgIpc) is 3.25. The largest absolute Gasteiger partial charge is 0.350 e. The van der Waals surface area contributed by atoms with E-state index in [-0.39, 0.29) is 24.0 Å². The van der Waals surface area contributed by atoms with Gasteiger partial charge in [-0.25, -0.2) is 27.8 Å². The summed E-state index contributed by atoms with van der Waals surface area (Å²) in [6, 6.07) is 5.06. The number of carbonyl (C=O) groups excluding carboxylic acids is 1. The van der Waals surface area contributed by atoms with Crippen molar-refractivity contribution in [1.29, 1.82) is 5.26 Å². The summed E-state index contributed by atoms with van der Waals surface area (Å²) in [6.45, 7) is 5.06. The van der Waals surface area contributed by atoms with Gasteiger partial charge in [-0.2, -0.15) is 5.26 Å². The summed E-state index contributed by atoms with van der Waals surface area (Å²) < 4.78 is 36.5. The molecule has 0 radical (unpaired) electrons. The molecular formula is C26H32FN7O3S. The lowest BCUT2D eigenvalue weighted by molar-refractivity contribution is -0.137. The molecule has 2 fully saturated rings. The maximum Gasteiger partial charge on any atom is 0.246 e. The quantitative estimate of drug-likeness (QED) is 0.562. The maximum absolute atomic E-state index is 13.9. The molecule has 4 heterocycles. The number of pyridine rings is 1. The molecule has 5 rings (SSSR count). The molecule has 10 nitrogen and oxygen atoms in total. The van der Waals surface area contributed by atoms with Crippen LogP contribution in [0.3, 0.4) is 0 Å². The number of halogens is 1. The summed E-state index contributed by atoms with van der Waals surface area (Å²) in [6.07, 6.45) is 7.13. The molecule has 2 aromatic rings. The van der Waals surface area contributed by atoms with E-state index in [2.05, 4.69) is 25.8 Å². The Morgan fingerprint density at radius 2 is 1.92 bits per heavy atom. The Labute approximate surface area is 222 Å². The first-order valence-corrected chi connectivity index (χ1v) is 14.7. The lowest BCUT2D eigenvalue weighted by atomic mass is 9.66. The van der Waals surface area contributed by atoms with Crippen molar-refractivity contribution in [2.45, 2.75) is 62.3 Å². The van der Waals surface area contributed by atoms with E-state index in [4.69, 9.17) is 4.98 Å². The smallest absolute Gasteiger partial charge is 0.246 e. The van der Waals surface area contributed by atoms with Crippen LogP contribution < -0.4 is 9.80 Å². The zero-order valence-electron chi connectivity index (χ0n) is 22.1. The first-order valence-electron chi connectivity index (χ1n) is 12.8. The van der Waals surface area contributed by atoms with Crippen LogP contribution in [0.25, 0.3) is 0 Å². The number of anilines is 3. The van der Waals surface area contributed by atoms with Crippen LogP contribution in [0.2, 0.25) is 0 Å². The monoisotopic (exact) mass is 541 g/mol. The van der Waals surface area contributed by atoms with Crippen molar-refractivity contribution in [3.8, 4) is 6.07 Å². The number of carbonyl (C=O) groups is 1. The third-order valence-corrected chi connectivity index (χ3v) is 10.5. The van der Waals surface area contributed by atoms with Crippen LogP contribution in [0, 0.1) is 11.3 Å². The van der Waals surface area contributed by atoms with E-state index >= 15 is 0 Å². The van der Waals surface area contributed by atoms with E-state index in [0.717, 1.165) is 49.6 Å². The van der Waals surface area contributed by atoms with Crippen molar-refractivity contribution in [2.24, 2.45) is 0 Å². The standard InChI is InChI=1S/C26H32FN7O3S/c1-17-13-33(24(35)25(3,14-27)38(4,36)37)18(2)12-32(17)22-21-23(31-16-30-22)34(15-26(21)7-5-8-26)20-10-19(11-28)6-9-29-20/h6,9-10,16-18H,5,7-8,12-15H2,1-4H3/t17-,18+,25-/m0/s1. The van der Waals surface area contributed by atoms with Gasteiger partial charge in [-0.1, -0.05) is 6.42 Å². The van der Waals surface area contributed by atoms with E-state index in [9.17, 15) is 22.9 Å². The highest BCUT2D eigenvalue weighted by atomic mass is 32.2. The first kappa shape index (κ1) is 26.3. The second kappa shape index (κ2) is 9.15. The number of aromatic nitrogens is 3. The number of hydrogen-bond donors (Lipinski definition) is 0. The van der Waals surface area contributed by atoms with Gasteiger partial charge in [0.2, 0.25) is 5.91 Å². The van der Waals surface area contributed by atoms with Gasteiger partial charge in [0.05, 0.1) is 11.6 Å². The van der Waals surface area contributed by atoms with Crippen LogP contribution in [0.1, 0.15) is 51.2 Å². The molecule has 1 spiro atoms. The highest BCUT2D eigenvalue weighted by molar-refractivity contribution is 7.92. The van der Waals surface area contributed by atoms with E-state index in [1.165, 1.54) is 11.2 Å². The van der Waals surface area contributed by atoms with Crippen molar-refractivity contribution < 1.29 is 17.6 Å². The van der Waals surface area contributed by atoms with Gasteiger partial charge in [0.1, 0.15) is 30.5 Å². The molecule has 2 aromatic heterocycles. The molecule has 3 atom stereocenters. The van der Waals surface area contributed by atoms with Crippen molar-refractivity contribution in [3.63, 3.8) is 0 Å². The topological polar surface area (TPSA) is 123 Å². The van der Waals surface area contributed by atoms with Gasteiger partial charge in [0, 0.05) is 55.1 Å². The minimum atomic E-state index is -3.96. The molecule has 38 heavy (non-hydrogen) atoms. The number of rotatable bonds is 5. The van der Waals surface area contributed by atoms with E-state index in [1.54, 1.807) is 18.3 Å². The van der Waals surface area contributed by atoms with Gasteiger partial charge in [-0.15, -0.1) is 0 Å². The van der Waals surface area contributed by atoms with Crippen molar-refractivity contribution in [3.05, 3.63) is 35.8 Å². The molecule has 2 aliphatic heterocycles. The lowest BCUT2D eigenvalue weighted by Crippen LogP contribution is -2.64. The highest BCUT2D eigenvalue weighted by Crippen LogP contribution is 2.56. The summed E-state index contributed by atoms with van der Waals surface area (Å²) >= 11 is 0. The number of sulfone groups is 1. The van der Waals surface area contributed by atoms with E-state index in [0.29, 0.717) is 24.5 Å². The molecule has 1 saturated heterocycles. The molecule has 0 aromatic carbocycles. The van der Waals surface area contributed by atoms with Crippen LogP contribution >= 0.6 is 0 Å². The van der Waals surface area contributed by atoms with Crippen LogP contribution in [-0.2, 0) is 20.0 Å². The maximum atomic E-state index is 13.9. The predicted molar refractivity (Wildman–Crippen MR) is 141 cm³/mol. The summed E-state index contributed by atoms with van der Waals surface area (Å²) in [7, 11) is -3.96. The molecule has 3 aliphatic rings. The Bertz CT molecular complexity index is 1420. The van der Waals surface area contributed by atoms with Crippen LogP contribution in [0.4, 0.5) is 21.8 Å². The Balaban J connectivity index is 1.50. The van der Waals surface area contributed by atoms with Crippen molar-refractivity contribution in [2.75, 3.05) is 42.4 Å². The lowest BCUT2D eigenvalue weighted by Gasteiger charge is -2.48. The van der Waals surface area contributed by atoms with E-state index in [1.807, 2.05) is 13.8 Å². The minimum absolute atomic E-state index is 0.130. The minimum Gasteiger partial charge on any atom is -0.350 e. The first-order chi connectivity index (χ1) is 18.0. The summed E-state index contributed by atoms with van der Waals surface area (Å²) in [5.74, 6) is 1.54. The Morgan fingerprint density at radius 3 is 2.53 bits per heavy atom. The molecule has 1 amide bonds. The number of piperazine rings is 1. The average molecular weight is 542 g/mol. The molecule has 0 unspecified atom stereocenters. The van der Waals surface area contributed by atoms with Gasteiger partial charge in [0.25, 0.3) is 0 Å². The third kappa shape index (κ3) is 3.90. The number of amides is 1. The van der Waals surface area contributed by atoms with Gasteiger partial charge in [-0.05, 0) is 45.7 Å². The number of alkyl halides is 1. The Kier molecular flexibility index (Phi) is 6.33. The molecule has 0 N–H and O–H groups in total. The second-order valence-corrected chi connectivity index (χ2v) is 13.5. The zero-order chi connectivity index (χ0) is 27.5. The van der Waals surface area contributed by atoms with Gasteiger partial charge in [-0.3, -0.25) is 4.79 Å². The van der Waals surface area contributed by atoms with Crippen molar-refractivity contribution in [1.82, 2.24) is 19.9 Å². The molecule has 1 aliphatic carbocycles. The number of hydrogen-bond acceptors (Lipinski definition) is 9. The predicted octanol–water partition coefficient (Wildman–Crippen LogP) is 2.52. The van der Waals surface area contributed by atoms with Crippen LogP contribution in [-0.4, -0.2) is 83.6 Å². The normalized spacial score (nSPS) is 23.9. The van der Waals surface area contributed by atoms with Crippen molar-refractivity contribution >= 4 is 33.2 Å². The summed E-state index contributed by atoms with van der Waals surface area (Å²) in [4.78, 5) is 32.9. The fraction of sp³-hybridized carbons (Fsp3) is 0.577.